The number of carbonyl (C=O) groups excluding carboxylic acids is 1. The summed E-state index contributed by atoms with van der Waals surface area (Å²) in [5.41, 5.74) is 6.17. The van der Waals surface area contributed by atoms with Crippen molar-refractivity contribution in [1.82, 2.24) is 0 Å². The third-order valence-electron chi connectivity index (χ3n) is 2.59. The Labute approximate surface area is 87.7 Å². The van der Waals surface area contributed by atoms with Gasteiger partial charge in [0.15, 0.2) is 0 Å². The van der Waals surface area contributed by atoms with Gasteiger partial charge in [0, 0.05) is 18.7 Å². The predicted molar refractivity (Wildman–Crippen MR) is 57.0 cm³/mol. The zero-order chi connectivity index (χ0) is 10.8. The first-order valence-corrected chi connectivity index (χ1v) is 5.04. The molecule has 1 aromatic carbocycles. The highest BCUT2D eigenvalue weighted by atomic mass is 19.1. The fourth-order valence-corrected chi connectivity index (χ4v) is 1.80. The fourth-order valence-electron chi connectivity index (χ4n) is 1.80. The maximum absolute atomic E-state index is 13.5. The Bertz CT molecular complexity index is 392. The molecule has 0 atom stereocenters. The van der Waals surface area contributed by atoms with Crippen LogP contribution in [0.1, 0.15) is 19.3 Å². The first-order chi connectivity index (χ1) is 7.18. The molecule has 80 valence electrons. The van der Waals surface area contributed by atoms with E-state index in [1.54, 1.807) is 12.1 Å². The molecule has 2 N–H and O–H groups in total. The van der Waals surface area contributed by atoms with E-state index < -0.39 is 5.82 Å². The number of nitrogens with zero attached hydrogens (tertiary/aromatic N) is 1. The van der Waals surface area contributed by atoms with Gasteiger partial charge in [0.1, 0.15) is 5.82 Å². The van der Waals surface area contributed by atoms with Gasteiger partial charge < -0.3 is 10.6 Å². The lowest BCUT2D eigenvalue weighted by atomic mass is 10.1. The Morgan fingerprint density at radius 3 is 2.80 bits per heavy atom. The lowest BCUT2D eigenvalue weighted by Gasteiger charge is -2.27. The summed E-state index contributed by atoms with van der Waals surface area (Å²) in [4.78, 5) is 13.1. The number of piperidine rings is 1. The van der Waals surface area contributed by atoms with Crippen molar-refractivity contribution in [2.45, 2.75) is 19.3 Å². The van der Waals surface area contributed by atoms with Gasteiger partial charge in [0.2, 0.25) is 5.91 Å². The van der Waals surface area contributed by atoms with Crippen LogP contribution >= 0.6 is 0 Å². The number of nitrogens with two attached hydrogens (primary N) is 1. The highest BCUT2D eigenvalue weighted by Gasteiger charge is 2.21. The Kier molecular flexibility index (Phi) is 2.58. The van der Waals surface area contributed by atoms with E-state index in [4.69, 9.17) is 5.73 Å². The molecule has 2 rings (SSSR count). The van der Waals surface area contributed by atoms with Gasteiger partial charge in [-0.05, 0) is 31.0 Å². The molecule has 1 aliphatic rings. The number of halogens is 1. The van der Waals surface area contributed by atoms with E-state index in [2.05, 4.69) is 0 Å². The molecule has 0 unspecified atom stereocenters. The van der Waals surface area contributed by atoms with Crippen LogP contribution in [0.25, 0.3) is 0 Å². The molecule has 0 aliphatic carbocycles. The van der Waals surface area contributed by atoms with Crippen molar-refractivity contribution >= 4 is 17.3 Å². The fraction of sp³-hybridized carbons (Fsp3) is 0.364. The molecule has 1 amide bonds. The lowest BCUT2D eigenvalue weighted by molar-refractivity contribution is -0.119. The molecule has 0 spiro atoms. The molecular weight excluding hydrogens is 195 g/mol. The van der Waals surface area contributed by atoms with Crippen molar-refractivity contribution in [3.05, 3.63) is 24.0 Å². The summed E-state index contributed by atoms with van der Waals surface area (Å²) in [6.07, 6.45) is 2.32. The Morgan fingerprint density at radius 1 is 1.33 bits per heavy atom. The monoisotopic (exact) mass is 208 g/mol. The lowest BCUT2D eigenvalue weighted by Crippen LogP contribution is -2.35. The van der Waals surface area contributed by atoms with Crippen LogP contribution in [-0.2, 0) is 4.79 Å². The van der Waals surface area contributed by atoms with E-state index in [0.717, 1.165) is 12.8 Å². The molecule has 4 heteroatoms. The first-order valence-electron chi connectivity index (χ1n) is 5.04. The molecule has 1 aromatic rings. The molecule has 1 aliphatic heterocycles. The number of amides is 1. The van der Waals surface area contributed by atoms with Gasteiger partial charge in [-0.2, -0.15) is 0 Å². The van der Waals surface area contributed by atoms with Gasteiger partial charge >= 0.3 is 0 Å². The van der Waals surface area contributed by atoms with E-state index in [0.29, 0.717) is 24.3 Å². The third kappa shape index (κ3) is 1.93. The normalized spacial score (nSPS) is 16.9. The minimum absolute atomic E-state index is 0.00933. The molecule has 0 aromatic heterocycles. The Morgan fingerprint density at radius 2 is 2.13 bits per heavy atom. The van der Waals surface area contributed by atoms with E-state index in [9.17, 15) is 9.18 Å². The molecule has 0 saturated carbocycles. The van der Waals surface area contributed by atoms with E-state index >= 15 is 0 Å². The maximum atomic E-state index is 13.5. The summed E-state index contributed by atoms with van der Waals surface area (Å²) >= 11 is 0. The highest BCUT2D eigenvalue weighted by molar-refractivity contribution is 5.94. The second-order valence-corrected chi connectivity index (χ2v) is 3.71. The second-order valence-electron chi connectivity index (χ2n) is 3.71. The number of anilines is 2. The number of benzene rings is 1. The van der Waals surface area contributed by atoms with Crippen LogP contribution in [0, 0.1) is 5.82 Å². The van der Waals surface area contributed by atoms with Crippen molar-refractivity contribution < 1.29 is 9.18 Å². The van der Waals surface area contributed by atoms with Gasteiger partial charge in [-0.1, -0.05) is 0 Å². The minimum atomic E-state index is -0.426. The maximum Gasteiger partial charge on any atom is 0.227 e. The number of rotatable bonds is 1. The molecule has 0 bridgehead atoms. The molecule has 1 heterocycles. The number of nitrogen functional groups attached to an aromatic ring is 1. The van der Waals surface area contributed by atoms with Gasteiger partial charge in [-0.3, -0.25) is 4.79 Å². The number of hydrogen-bond donors (Lipinski definition) is 1. The van der Waals surface area contributed by atoms with Crippen LogP contribution in [0.3, 0.4) is 0 Å². The average Bonchev–Trinajstić information content (AvgIpc) is 2.20. The summed E-state index contributed by atoms with van der Waals surface area (Å²) in [6.45, 7) is 0.597. The average molecular weight is 208 g/mol. The van der Waals surface area contributed by atoms with E-state index in [1.807, 2.05) is 0 Å². The van der Waals surface area contributed by atoms with Crippen molar-refractivity contribution in [3.8, 4) is 0 Å². The third-order valence-corrected chi connectivity index (χ3v) is 2.59. The van der Waals surface area contributed by atoms with Crippen molar-refractivity contribution in [3.63, 3.8) is 0 Å². The van der Waals surface area contributed by atoms with Crippen LogP contribution in [0.5, 0.6) is 0 Å². The predicted octanol–water partition coefficient (Wildman–Crippen LogP) is 1.92. The number of hydrogen-bond acceptors (Lipinski definition) is 2. The van der Waals surface area contributed by atoms with Crippen molar-refractivity contribution in [1.29, 1.82) is 0 Å². The van der Waals surface area contributed by atoms with Crippen LogP contribution in [0.15, 0.2) is 18.2 Å². The summed E-state index contributed by atoms with van der Waals surface area (Å²) in [5, 5.41) is 0. The van der Waals surface area contributed by atoms with Crippen LogP contribution in [0.2, 0.25) is 0 Å². The van der Waals surface area contributed by atoms with Gasteiger partial charge in [-0.25, -0.2) is 4.39 Å². The largest absolute Gasteiger partial charge is 0.399 e. The zero-order valence-electron chi connectivity index (χ0n) is 8.37. The Balaban J connectivity index is 2.31. The van der Waals surface area contributed by atoms with Gasteiger partial charge in [0.05, 0.1) is 5.69 Å². The van der Waals surface area contributed by atoms with Crippen LogP contribution in [-0.4, -0.2) is 12.5 Å². The van der Waals surface area contributed by atoms with Gasteiger partial charge in [0.25, 0.3) is 0 Å². The highest BCUT2D eigenvalue weighted by Crippen LogP contribution is 2.25. The first kappa shape index (κ1) is 9.96. The summed E-state index contributed by atoms with van der Waals surface area (Å²) < 4.78 is 13.5. The quantitative estimate of drug-likeness (QED) is 0.717. The minimum Gasteiger partial charge on any atom is -0.399 e. The summed E-state index contributed by atoms with van der Waals surface area (Å²) in [7, 11) is 0. The second kappa shape index (κ2) is 3.88. The van der Waals surface area contributed by atoms with Gasteiger partial charge in [-0.15, -0.1) is 0 Å². The molecule has 15 heavy (non-hydrogen) atoms. The standard InChI is InChI=1S/C11H13FN2O/c12-9-7-8(13)4-5-10(9)14-6-2-1-3-11(14)15/h4-5,7H,1-3,6,13H2. The zero-order valence-corrected chi connectivity index (χ0v) is 8.37. The van der Waals surface area contributed by atoms with E-state index in [-0.39, 0.29) is 5.91 Å². The van der Waals surface area contributed by atoms with Crippen molar-refractivity contribution in [2.24, 2.45) is 0 Å². The van der Waals surface area contributed by atoms with E-state index in [1.165, 1.54) is 11.0 Å². The number of carbonyl (C=O) groups is 1. The smallest absolute Gasteiger partial charge is 0.227 e. The SMILES string of the molecule is Nc1ccc(N2CCCCC2=O)c(F)c1. The molecular formula is C11H13FN2O. The van der Waals surface area contributed by atoms with Crippen LogP contribution < -0.4 is 10.6 Å². The summed E-state index contributed by atoms with van der Waals surface area (Å²) in [6, 6.07) is 4.42. The van der Waals surface area contributed by atoms with Crippen molar-refractivity contribution in [2.75, 3.05) is 17.2 Å². The molecule has 3 nitrogen and oxygen atoms in total. The molecule has 1 saturated heterocycles. The van der Waals surface area contributed by atoms with Crippen LogP contribution in [0.4, 0.5) is 15.8 Å². The molecule has 0 radical (unpaired) electrons. The topological polar surface area (TPSA) is 46.3 Å². The molecule has 1 fully saturated rings. The Hall–Kier alpha value is -1.58. The summed E-state index contributed by atoms with van der Waals surface area (Å²) in [5.74, 6) is -0.435.